The highest BCUT2D eigenvalue weighted by atomic mass is 16.5. The van der Waals surface area contributed by atoms with E-state index in [0.717, 1.165) is 30.8 Å². The summed E-state index contributed by atoms with van der Waals surface area (Å²) >= 11 is 0. The molecule has 1 heterocycles. The highest BCUT2D eigenvalue weighted by molar-refractivity contribution is 5.28. The van der Waals surface area contributed by atoms with Gasteiger partial charge in [0.2, 0.25) is 0 Å². The fourth-order valence-electron chi connectivity index (χ4n) is 2.08. The van der Waals surface area contributed by atoms with Crippen molar-refractivity contribution in [1.29, 1.82) is 0 Å². The second kappa shape index (κ2) is 6.73. The summed E-state index contributed by atoms with van der Waals surface area (Å²) in [5.74, 6) is 0.839. The molecule has 0 bridgehead atoms. The van der Waals surface area contributed by atoms with Gasteiger partial charge in [-0.15, -0.1) is 0 Å². The number of hydrogen-bond donors (Lipinski definition) is 2. The summed E-state index contributed by atoms with van der Waals surface area (Å²) in [7, 11) is 1.82. The van der Waals surface area contributed by atoms with Crippen LogP contribution in [-0.4, -0.2) is 38.0 Å². The number of benzene rings is 1. The van der Waals surface area contributed by atoms with Crippen LogP contribution in [0, 0.1) is 0 Å². The van der Waals surface area contributed by atoms with Crippen LogP contribution >= 0.6 is 0 Å². The third-order valence-electron chi connectivity index (χ3n) is 3.08. The molecule has 100 valence electrons. The van der Waals surface area contributed by atoms with Gasteiger partial charge in [-0.3, -0.25) is 0 Å². The van der Waals surface area contributed by atoms with Gasteiger partial charge in [-0.05, 0) is 37.6 Å². The third-order valence-corrected chi connectivity index (χ3v) is 3.08. The van der Waals surface area contributed by atoms with Gasteiger partial charge in [0.1, 0.15) is 11.9 Å². The molecule has 4 heteroatoms. The Morgan fingerprint density at radius 3 is 2.83 bits per heavy atom. The summed E-state index contributed by atoms with van der Waals surface area (Å²) in [6.07, 6.45) is 1.79. The van der Waals surface area contributed by atoms with Crippen molar-refractivity contribution in [2.45, 2.75) is 25.0 Å². The number of aliphatic hydroxyl groups excluding tert-OH is 1. The first-order valence-corrected chi connectivity index (χ1v) is 6.46. The van der Waals surface area contributed by atoms with Crippen molar-refractivity contribution in [2.24, 2.45) is 0 Å². The molecule has 0 aromatic heterocycles. The van der Waals surface area contributed by atoms with Crippen LogP contribution in [0.4, 0.5) is 0 Å². The topological polar surface area (TPSA) is 50.7 Å². The summed E-state index contributed by atoms with van der Waals surface area (Å²) in [4.78, 5) is 0. The Morgan fingerprint density at radius 1 is 1.44 bits per heavy atom. The van der Waals surface area contributed by atoms with Gasteiger partial charge in [0.25, 0.3) is 0 Å². The van der Waals surface area contributed by atoms with Crippen LogP contribution in [0.5, 0.6) is 5.75 Å². The Morgan fingerprint density at radius 2 is 2.22 bits per heavy atom. The highest BCUT2D eigenvalue weighted by Gasteiger charge is 2.15. The first-order valence-electron chi connectivity index (χ1n) is 6.46. The van der Waals surface area contributed by atoms with Gasteiger partial charge in [0.05, 0.1) is 12.7 Å². The van der Waals surface area contributed by atoms with E-state index in [1.54, 1.807) is 0 Å². The maximum atomic E-state index is 9.81. The Labute approximate surface area is 108 Å². The predicted molar refractivity (Wildman–Crippen MR) is 69.8 cm³/mol. The van der Waals surface area contributed by atoms with Gasteiger partial charge in [0, 0.05) is 13.2 Å². The molecular formula is C14H21NO3. The van der Waals surface area contributed by atoms with Crippen molar-refractivity contribution in [2.75, 3.05) is 26.8 Å². The van der Waals surface area contributed by atoms with Gasteiger partial charge >= 0.3 is 0 Å². The average molecular weight is 251 g/mol. The maximum absolute atomic E-state index is 9.81. The SMILES string of the molecule is CNCC(O)c1ccc(OC2CCCOC2)cc1. The molecule has 0 spiro atoms. The van der Waals surface area contributed by atoms with Crippen LogP contribution in [0.3, 0.4) is 0 Å². The highest BCUT2D eigenvalue weighted by Crippen LogP contribution is 2.20. The lowest BCUT2D eigenvalue weighted by molar-refractivity contribution is 0.00741. The molecule has 2 atom stereocenters. The summed E-state index contributed by atoms with van der Waals surface area (Å²) in [6, 6.07) is 7.62. The zero-order chi connectivity index (χ0) is 12.8. The van der Waals surface area contributed by atoms with Crippen LogP contribution in [0.2, 0.25) is 0 Å². The fraction of sp³-hybridized carbons (Fsp3) is 0.571. The lowest BCUT2D eigenvalue weighted by Gasteiger charge is -2.23. The number of likely N-dealkylation sites (N-methyl/N-ethyl adjacent to an activating group) is 1. The van der Waals surface area contributed by atoms with E-state index in [9.17, 15) is 5.11 Å². The van der Waals surface area contributed by atoms with Crippen molar-refractivity contribution in [3.05, 3.63) is 29.8 Å². The van der Waals surface area contributed by atoms with E-state index in [1.165, 1.54) is 0 Å². The molecule has 4 nitrogen and oxygen atoms in total. The minimum Gasteiger partial charge on any atom is -0.488 e. The summed E-state index contributed by atoms with van der Waals surface area (Å²) in [5, 5.41) is 12.8. The molecule has 1 aromatic carbocycles. The van der Waals surface area contributed by atoms with Gasteiger partial charge in [-0.25, -0.2) is 0 Å². The standard InChI is InChI=1S/C14H21NO3/c1-15-9-14(16)11-4-6-12(7-5-11)18-13-3-2-8-17-10-13/h4-7,13-16H,2-3,8-10H2,1H3. The van der Waals surface area contributed by atoms with Gasteiger partial charge in [0.15, 0.2) is 0 Å². The third kappa shape index (κ3) is 3.70. The summed E-state index contributed by atoms with van der Waals surface area (Å²) in [5.41, 5.74) is 0.900. The predicted octanol–water partition coefficient (Wildman–Crippen LogP) is 1.50. The van der Waals surface area contributed by atoms with Crippen LogP contribution < -0.4 is 10.1 Å². The first kappa shape index (κ1) is 13.3. The van der Waals surface area contributed by atoms with E-state index in [2.05, 4.69) is 5.32 Å². The fourth-order valence-corrected chi connectivity index (χ4v) is 2.08. The molecule has 0 amide bonds. The minimum absolute atomic E-state index is 0.159. The van der Waals surface area contributed by atoms with Gasteiger partial charge in [-0.1, -0.05) is 12.1 Å². The maximum Gasteiger partial charge on any atom is 0.122 e. The smallest absolute Gasteiger partial charge is 0.122 e. The van der Waals surface area contributed by atoms with E-state index in [4.69, 9.17) is 9.47 Å². The van der Waals surface area contributed by atoms with E-state index < -0.39 is 6.10 Å². The lowest BCUT2D eigenvalue weighted by Crippen LogP contribution is -2.27. The second-order valence-corrected chi connectivity index (χ2v) is 4.60. The second-order valence-electron chi connectivity index (χ2n) is 4.60. The molecule has 1 aliphatic rings. The van der Waals surface area contributed by atoms with Crippen molar-refractivity contribution in [1.82, 2.24) is 5.32 Å². The van der Waals surface area contributed by atoms with Crippen molar-refractivity contribution in [3.63, 3.8) is 0 Å². The molecule has 2 N–H and O–H groups in total. The molecule has 0 aliphatic carbocycles. The molecule has 2 rings (SSSR count). The molecule has 0 saturated carbocycles. The van der Waals surface area contributed by atoms with Crippen LogP contribution in [0.15, 0.2) is 24.3 Å². The number of nitrogens with one attached hydrogen (secondary N) is 1. The van der Waals surface area contributed by atoms with Crippen molar-refractivity contribution < 1.29 is 14.6 Å². The normalized spacial score (nSPS) is 21.6. The van der Waals surface area contributed by atoms with Crippen LogP contribution in [0.25, 0.3) is 0 Å². The molecule has 0 radical (unpaired) electrons. The zero-order valence-electron chi connectivity index (χ0n) is 10.8. The number of aliphatic hydroxyl groups is 1. The first-order chi connectivity index (χ1) is 8.79. The Kier molecular flexibility index (Phi) is 4.99. The van der Waals surface area contributed by atoms with Gasteiger partial charge in [-0.2, -0.15) is 0 Å². The molecule has 1 aromatic rings. The Bertz CT molecular complexity index is 347. The minimum atomic E-state index is -0.470. The summed E-state index contributed by atoms with van der Waals surface area (Å²) in [6.45, 7) is 2.07. The van der Waals surface area contributed by atoms with E-state index in [-0.39, 0.29) is 6.10 Å². The lowest BCUT2D eigenvalue weighted by atomic mass is 10.1. The van der Waals surface area contributed by atoms with Crippen LogP contribution in [-0.2, 0) is 4.74 Å². The molecule has 1 fully saturated rings. The molecule has 1 saturated heterocycles. The largest absolute Gasteiger partial charge is 0.488 e. The van der Waals surface area contributed by atoms with Crippen molar-refractivity contribution in [3.8, 4) is 5.75 Å². The quantitative estimate of drug-likeness (QED) is 0.832. The average Bonchev–Trinajstić information content (AvgIpc) is 2.41. The summed E-state index contributed by atoms with van der Waals surface area (Å²) < 4.78 is 11.2. The molecular weight excluding hydrogens is 230 g/mol. The van der Waals surface area contributed by atoms with E-state index >= 15 is 0 Å². The van der Waals surface area contributed by atoms with Gasteiger partial charge < -0.3 is 19.9 Å². The number of hydrogen-bond acceptors (Lipinski definition) is 4. The molecule has 1 aliphatic heterocycles. The molecule has 2 unspecified atom stereocenters. The van der Waals surface area contributed by atoms with E-state index in [0.29, 0.717) is 13.2 Å². The Balaban J connectivity index is 1.90. The monoisotopic (exact) mass is 251 g/mol. The number of ether oxygens (including phenoxy) is 2. The van der Waals surface area contributed by atoms with E-state index in [1.807, 2.05) is 31.3 Å². The zero-order valence-corrected chi connectivity index (χ0v) is 10.8. The molecule has 18 heavy (non-hydrogen) atoms. The van der Waals surface area contributed by atoms with Crippen molar-refractivity contribution >= 4 is 0 Å². The van der Waals surface area contributed by atoms with Crippen LogP contribution in [0.1, 0.15) is 24.5 Å². The Hall–Kier alpha value is -1.10. The number of rotatable bonds is 5.